The molecule has 2 aromatic carbocycles. The summed E-state index contributed by atoms with van der Waals surface area (Å²) < 4.78 is 0. The first-order chi connectivity index (χ1) is 18.2. The molecular weight excluding hydrogens is 464 g/mol. The molecule has 188 valence electrons. The van der Waals surface area contributed by atoms with Crippen molar-refractivity contribution in [1.29, 1.82) is 0 Å². The van der Waals surface area contributed by atoms with E-state index in [2.05, 4.69) is 49.9 Å². The summed E-state index contributed by atoms with van der Waals surface area (Å²) in [5, 5.41) is 3.28. The number of amides is 1. The molecule has 5 rings (SSSR count). The van der Waals surface area contributed by atoms with Crippen LogP contribution < -0.4 is 15.7 Å². The average molecular weight is 495 g/mol. The number of benzene rings is 2. The lowest BCUT2D eigenvalue weighted by Crippen LogP contribution is -2.28. The van der Waals surface area contributed by atoms with Gasteiger partial charge >= 0.3 is 0 Å². The zero-order valence-electron chi connectivity index (χ0n) is 20.6. The molecule has 4 aromatic rings. The van der Waals surface area contributed by atoms with Gasteiger partial charge in [0.15, 0.2) is 5.82 Å². The molecule has 0 bridgehead atoms. The summed E-state index contributed by atoms with van der Waals surface area (Å²) in [6.07, 6.45) is 3.91. The fourth-order valence-corrected chi connectivity index (χ4v) is 4.32. The second-order valence-electron chi connectivity index (χ2n) is 8.88. The molecule has 0 atom stereocenters. The van der Waals surface area contributed by atoms with Crippen LogP contribution in [-0.4, -0.2) is 40.5 Å². The Bertz CT molecular complexity index is 1290. The minimum atomic E-state index is -0.201. The Morgan fingerprint density at radius 2 is 1.62 bits per heavy atom. The fraction of sp³-hybridized carbons (Fsp3) is 0.241. The maximum absolute atomic E-state index is 12.2. The molecule has 2 N–H and O–H groups in total. The number of carbonyl (C=O) groups excluding carboxylic acids is 1. The van der Waals surface area contributed by atoms with E-state index in [1.54, 1.807) is 6.20 Å². The number of nitrogens with one attached hydrogen (secondary N) is 2. The van der Waals surface area contributed by atoms with Gasteiger partial charge in [0, 0.05) is 38.3 Å². The van der Waals surface area contributed by atoms with Crippen molar-refractivity contribution in [2.75, 3.05) is 29.9 Å². The van der Waals surface area contributed by atoms with Gasteiger partial charge in [-0.2, -0.15) is 0 Å². The van der Waals surface area contributed by atoms with E-state index in [0.29, 0.717) is 30.5 Å². The average Bonchev–Trinajstić information content (AvgIpc) is 3.17. The Balaban J connectivity index is 1.24. The minimum Gasteiger partial charge on any atom is -0.369 e. The summed E-state index contributed by atoms with van der Waals surface area (Å²) in [5.74, 6) is 1.86. The van der Waals surface area contributed by atoms with E-state index in [0.717, 1.165) is 37.3 Å². The first-order valence-corrected chi connectivity index (χ1v) is 12.6. The smallest absolute Gasteiger partial charge is 0.245 e. The molecule has 0 saturated heterocycles. The van der Waals surface area contributed by atoms with E-state index in [1.807, 2.05) is 54.6 Å². The summed E-state index contributed by atoms with van der Waals surface area (Å²) in [4.78, 5) is 33.9. The highest BCUT2D eigenvalue weighted by atomic mass is 16.6. The van der Waals surface area contributed by atoms with E-state index in [4.69, 9.17) is 9.82 Å². The van der Waals surface area contributed by atoms with Gasteiger partial charge in [-0.15, -0.1) is 0 Å². The van der Waals surface area contributed by atoms with Crippen LogP contribution in [0.4, 0.5) is 11.6 Å². The zero-order valence-corrected chi connectivity index (χ0v) is 20.6. The molecule has 37 heavy (non-hydrogen) atoms. The van der Waals surface area contributed by atoms with Gasteiger partial charge in [-0.3, -0.25) is 14.6 Å². The highest BCUT2D eigenvalue weighted by molar-refractivity contribution is 5.75. The largest absolute Gasteiger partial charge is 0.369 e. The van der Waals surface area contributed by atoms with Crippen molar-refractivity contribution < 1.29 is 9.63 Å². The maximum atomic E-state index is 12.2. The van der Waals surface area contributed by atoms with E-state index in [9.17, 15) is 4.79 Å². The van der Waals surface area contributed by atoms with Crippen LogP contribution in [-0.2, 0) is 29.1 Å². The SMILES string of the molecule is O=C(CCNc1cc(N2CCc3ccccc3CC2)nc(-c2ccccn2)n1)NOCc1ccccc1. The van der Waals surface area contributed by atoms with Gasteiger partial charge < -0.3 is 10.2 Å². The predicted molar refractivity (Wildman–Crippen MR) is 144 cm³/mol. The van der Waals surface area contributed by atoms with Crippen LogP contribution in [0.3, 0.4) is 0 Å². The molecule has 8 heteroatoms. The quantitative estimate of drug-likeness (QED) is 0.337. The molecule has 0 spiro atoms. The zero-order chi connectivity index (χ0) is 25.3. The normalized spacial score (nSPS) is 12.9. The number of aromatic nitrogens is 3. The number of carbonyl (C=O) groups is 1. The lowest BCUT2D eigenvalue weighted by molar-refractivity contribution is -0.134. The van der Waals surface area contributed by atoms with Crippen molar-refractivity contribution in [1.82, 2.24) is 20.4 Å². The molecule has 2 aromatic heterocycles. The Morgan fingerprint density at radius 1 is 0.892 bits per heavy atom. The van der Waals surface area contributed by atoms with Gasteiger partial charge in [0.1, 0.15) is 17.3 Å². The number of fused-ring (bicyclic) bond motifs is 1. The summed E-state index contributed by atoms with van der Waals surface area (Å²) in [7, 11) is 0. The molecule has 0 aliphatic carbocycles. The Kier molecular flexibility index (Phi) is 7.98. The Hall–Kier alpha value is -4.30. The third-order valence-electron chi connectivity index (χ3n) is 6.28. The molecule has 0 radical (unpaired) electrons. The van der Waals surface area contributed by atoms with Crippen LogP contribution >= 0.6 is 0 Å². The molecule has 1 amide bonds. The highest BCUT2D eigenvalue weighted by Crippen LogP contribution is 2.24. The van der Waals surface area contributed by atoms with Gasteiger partial charge in [-0.25, -0.2) is 15.4 Å². The van der Waals surface area contributed by atoms with Crippen LogP contribution in [0.2, 0.25) is 0 Å². The molecule has 0 saturated carbocycles. The summed E-state index contributed by atoms with van der Waals surface area (Å²) in [6, 6.07) is 26.0. The Labute approximate surface area is 216 Å². The van der Waals surface area contributed by atoms with Crippen molar-refractivity contribution in [3.63, 3.8) is 0 Å². The van der Waals surface area contributed by atoms with E-state index >= 15 is 0 Å². The second-order valence-corrected chi connectivity index (χ2v) is 8.88. The number of anilines is 2. The van der Waals surface area contributed by atoms with Crippen molar-refractivity contribution >= 4 is 17.5 Å². The number of pyridine rings is 1. The number of nitrogens with zero attached hydrogens (tertiary/aromatic N) is 4. The summed E-state index contributed by atoms with van der Waals surface area (Å²) >= 11 is 0. The van der Waals surface area contributed by atoms with Crippen LogP contribution in [0.5, 0.6) is 0 Å². The Morgan fingerprint density at radius 3 is 2.35 bits per heavy atom. The van der Waals surface area contributed by atoms with Crippen molar-refractivity contribution in [3.8, 4) is 11.5 Å². The van der Waals surface area contributed by atoms with Gasteiger partial charge in [-0.05, 0) is 41.7 Å². The molecule has 8 nitrogen and oxygen atoms in total. The van der Waals surface area contributed by atoms with Gasteiger partial charge in [0.05, 0.1) is 6.61 Å². The lowest BCUT2D eigenvalue weighted by Gasteiger charge is -2.22. The summed E-state index contributed by atoms with van der Waals surface area (Å²) in [5.41, 5.74) is 6.99. The lowest BCUT2D eigenvalue weighted by atomic mass is 10.0. The summed E-state index contributed by atoms with van der Waals surface area (Å²) in [6.45, 7) is 2.47. The third kappa shape index (κ3) is 6.68. The van der Waals surface area contributed by atoms with E-state index in [1.165, 1.54) is 11.1 Å². The third-order valence-corrected chi connectivity index (χ3v) is 6.28. The second kappa shape index (κ2) is 12.1. The molecule has 0 unspecified atom stereocenters. The topological polar surface area (TPSA) is 92.3 Å². The standard InChI is InChI=1S/C29H30N6O2/c36-28(34-37-21-22-8-2-1-3-9-22)13-17-31-26-20-27(33-29(32-26)25-12-6-7-16-30-25)35-18-14-23-10-4-5-11-24(23)15-19-35/h1-12,16,20H,13-15,17-19,21H2,(H,34,36)(H,31,32,33). The van der Waals surface area contributed by atoms with Crippen molar-refractivity contribution in [3.05, 3.63) is 102 Å². The molecule has 1 aliphatic heterocycles. The number of rotatable bonds is 9. The first kappa shape index (κ1) is 24.4. The van der Waals surface area contributed by atoms with Crippen LogP contribution in [0.15, 0.2) is 85.1 Å². The molecular formula is C29H30N6O2. The fourth-order valence-electron chi connectivity index (χ4n) is 4.32. The van der Waals surface area contributed by atoms with Gasteiger partial charge in [0.2, 0.25) is 5.91 Å². The molecule has 1 aliphatic rings. The van der Waals surface area contributed by atoms with Crippen LogP contribution in [0.1, 0.15) is 23.1 Å². The van der Waals surface area contributed by atoms with Gasteiger partial charge in [-0.1, -0.05) is 60.7 Å². The van der Waals surface area contributed by atoms with Crippen molar-refractivity contribution in [2.24, 2.45) is 0 Å². The van der Waals surface area contributed by atoms with Gasteiger partial charge in [0.25, 0.3) is 0 Å². The predicted octanol–water partition coefficient (Wildman–Crippen LogP) is 4.19. The number of hydroxylamine groups is 1. The highest BCUT2D eigenvalue weighted by Gasteiger charge is 2.18. The number of hydrogen-bond acceptors (Lipinski definition) is 7. The first-order valence-electron chi connectivity index (χ1n) is 12.6. The van der Waals surface area contributed by atoms with Crippen LogP contribution in [0, 0.1) is 0 Å². The van der Waals surface area contributed by atoms with Crippen LogP contribution in [0.25, 0.3) is 11.5 Å². The van der Waals surface area contributed by atoms with E-state index < -0.39 is 0 Å². The maximum Gasteiger partial charge on any atom is 0.245 e. The van der Waals surface area contributed by atoms with E-state index in [-0.39, 0.29) is 12.3 Å². The number of hydrogen-bond donors (Lipinski definition) is 2. The molecule has 0 fully saturated rings. The monoisotopic (exact) mass is 494 g/mol. The minimum absolute atomic E-state index is 0.201. The van der Waals surface area contributed by atoms with Crippen molar-refractivity contribution in [2.45, 2.75) is 25.9 Å². The molecule has 3 heterocycles.